The minimum atomic E-state index is -4.64. The number of fused-ring (bicyclic) bond motifs is 1. The number of benzene rings is 1. The molecule has 0 unspecified atom stereocenters. The van der Waals surface area contributed by atoms with Gasteiger partial charge in [-0.15, -0.1) is 0 Å². The van der Waals surface area contributed by atoms with Gasteiger partial charge >= 0.3 is 7.82 Å². The van der Waals surface area contributed by atoms with Crippen LogP contribution in [0, 0.1) is 0 Å². The van der Waals surface area contributed by atoms with Crippen molar-refractivity contribution in [2.75, 3.05) is 5.32 Å². The first kappa shape index (κ1) is 20.8. The number of aromatic nitrogens is 5. The van der Waals surface area contributed by atoms with E-state index >= 15 is 0 Å². The summed E-state index contributed by atoms with van der Waals surface area (Å²) in [5.41, 5.74) is 1.65. The van der Waals surface area contributed by atoms with Crippen molar-refractivity contribution in [3.63, 3.8) is 0 Å². The Morgan fingerprint density at radius 1 is 1.14 bits per heavy atom. The second-order valence-corrected chi connectivity index (χ2v) is 7.38. The number of aryl methyl sites for hydroxylation is 1. The van der Waals surface area contributed by atoms with Crippen molar-refractivity contribution in [2.24, 2.45) is 7.05 Å². The van der Waals surface area contributed by atoms with E-state index in [0.29, 0.717) is 5.02 Å². The van der Waals surface area contributed by atoms with E-state index in [1.54, 1.807) is 6.20 Å². The van der Waals surface area contributed by atoms with E-state index in [1.165, 1.54) is 6.33 Å². The molecule has 3 aromatic heterocycles. The maximum absolute atomic E-state index is 8.88. The van der Waals surface area contributed by atoms with E-state index in [9.17, 15) is 0 Å². The number of nitrogens with zero attached hydrogens (tertiary/aromatic N) is 5. The van der Waals surface area contributed by atoms with Gasteiger partial charge in [-0.05, 0) is 24.3 Å². The van der Waals surface area contributed by atoms with E-state index in [2.05, 4.69) is 20.3 Å². The molecule has 0 amide bonds. The predicted octanol–water partition coefficient (Wildman–Crippen LogP) is 2.11. The van der Waals surface area contributed by atoms with Crippen LogP contribution in [-0.2, 0) is 11.6 Å². The molecule has 4 rings (SSSR count). The third-order valence-electron chi connectivity index (χ3n) is 3.64. The van der Waals surface area contributed by atoms with Crippen LogP contribution >= 0.6 is 19.4 Å². The van der Waals surface area contributed by atoms with Gasteiger partial charge in [-0.1, -0.05) is 11.6 Å². The lowest BCUT2D eigenvalue weighted by molar-refractivity contribution is -0.670. The predicted molar refractivity (Wildman–Crippen MR) is 107 cm³/mol. The summed E-state index contributed by atoms with van der Waals surface area (Å²) in [6, 6.07) is 9.46. The summed E-state index contributed by atoms with van der Waals surface area (Å²) in [6.07, 6.45) is 9.17. The summed E-state index contributed by atoms with van der Waals surface area (Å²) in [5, 5.41) is 4.84. The second-order valence-electron chi connectivity index (χ2n) is 5.91. The lowest BCUT2D eigenvalue weighted by Crippen LogP contribution is -2.23. The normalized spacial score (nSPS) is 11.1. The summed E-state index contributed by atoms with van der Waals surface area (Å²) in [4.78, 5) is 34.6. The van der Waals surface area contributed by atoms with E-state index in [0.717, 1.165) is 28.2 Å². The molecule has 0 spiro atoms. The molecule has 3 heterocycles. The molecule has 0 saturated heterocycles. The average Bonchev–Trinajstić information content (AvgIpc) is 3.07. The van der Waals surface area contributed by atoms with Crippen molar-refractivity contribution < 1.29 is 23.8 Å². The highest BCUT2D eigenvalue weighted by Gasteiger charge is 2.08. The van der Waals surface area contributed by atoms with Gasteiger partial charge in [-0.2, -0.15) is 4.57 Å². The molecule has 0 aliphatic carbocycles. The van der Waals surface area contributed by atoms with Crippen molar-refractivity contribution in [3.05, 3.63) is 66.6 Å². The maximum atomic E-state index is 8.88. The van der Waals surface area contributed by atoms with Gasteiger partial charge in [-0.3, -0.25) is 0 Å². The molecule has 0 aliphatic heterocycles. The van der Waals surface area contributed by atoms with Gasteiger partial charge in [0.15, 0.2) is 0 Å². The minimum absolute atomic E-state index is 0.651. The van der Waals surface area contributed by atoms with Gasteiger partial charge in [0.1, 0.15) is 24.5 Å². The molecule has 10 nitrogen and oxygen atoms in total. The van der Waals surface area contributed by atoms with Crippen LogP contribution in [0.5, 0.6) is 0 Å². The highest BCUT2D eigenvalue weighted by molar-refractivity contribution is 7.45. The SMILES string of the molecule is C[n+]1ccn(-c2ccc(Nc3ncnc4cc(Cl)ccc34)cn2)c1.O=P(O)(O)O. The van der Waals surface area contributed by atoms with Gasteiger partial charge < -0.3 is 20.0 Å². The van der Waals surface area contributed by atoms with E-state index in [1.807, 2.05) is 65.2 Å². The van der Waals surface area contributed by atoms with Gasteiger partial charge in [0.25, 0.3) is 0 Å². The molecule has 4 aromatic rings. The van der Waals surface area contributed by atoms with Crippen molar-refractivity contribution in [3.8, 4) is 5.82 Å². The summed E-state index contributed by atoms with van der Waals surface area (Å²) in [5.74, 6) is 1.57. The van der Waals surface area contributed by atoms with Crippen LogP contribution in [0.1, 0.15) is 0 Å². The fourth-order valence-electron chi connectivity index (χ4n) is 2.46. The number of hydrogen-bond acceptors (Lipinski definition) is 5. The topological polar surface area (TPSA) is 137 Å². The molecule has 1 aromatic carbocycles. The van der Waals surface area contributed by atoms with Gasteiger partial charge in [0.2, 0.25) is 12.1 Å². The van der Waals surface area contributed by atoms with Crippen LogP contribution < -0.4 is 9.88 Å². The molecule has 150 valence electrons. The zero-order chi connectivity index (χ0) is 21.0. The fraction of sp³-hybridized carbons (Fsp3) is 0.0588. The lowest BCUT2D eigenvalue weighted by Gasteiger charge is -2.08. The third kappa shape index (κ3) is 6.05. The average molecular weight is 436 g/mol. The lowest BCUT2D eigenvalue weighted by atomic mass is 10.2. The molecule has 12 heteroatoms. The number of halogens is 1. The number of imidazole rings is 1. The zero-order valence-electron chi connectivity index (χ0n) is 15.1. The number of nitrogens with one attached hydrogen (secondary N) is 1. The molecule has 0 bridgehead atoms. The number of pyridine rings is 1. The Hall–Kier alpha value is -2.88. The van der Waals surface area contributed by atoms with Gasteiger partial charge in [-0.25, -0.2) is 24.1 Å². The molecule has 0 fully saturated rings. The molecule has 29 heavy (non-hydrogen) atoms. The van der Waals surface area contributed by atoms with Crippen LogP contribution in [-0.4, -0.2) is 34.2 Å². The van der Waals surface area contributed by atoms with E-state index in [4.69, 9.17) is 30.8 Å². The Kier molecular flexibility index (Phi) is 6.21. The highest BCUT2D eigenvalue weighted by atomic mass is 35.5. The molecular weight excluding hydrogens is 419 g/mol. The van der Waals surface area contributed by atoms with Crippen LogP contribution in [0.25, 0.3) is 16.7 Å². The number of phosphoric acid groups is 1. The van der Waals surface area contributed by atoms with Crippen molar-refractivity contribution in [1.82, 2.24) is 19.5 Å². The first-order valence-corrected chi connectivity index (χ1v) is 10.1. The Morgan fingerprint density at radius 2 is 1.90 bits per heavy atom. The van der Waals surface area contributed by atoms with Crippen molar-refractivity contribution in [2.45, 2.75) is 0 Å². The molecule has 0 atom stereocenters. The number of rotatable bonds is 3. The number of hydrogen-bond donors (Lipinski definition) is 4. The number of anilines is 2. The van der Waals surface area contributed by atoms with Gasteiger partial charge in [0, 0.05) is 16.5 Å². The molecular formula is C17H17ClN6O4P+. The van der Waals surface area contributed by atoms with Crippen molar-refractivity contribution >= 4 is 41.8 Å². The first-order valence-electron chi connectivity index (χ1n) is 8.14. The highest BCUT2D eigenvalue weighted by Crippen LogP contribution is 2.26. The Balaban J connectivity index is 0.000000431. The van der Waals surface area contributed by atoms with Crippen LogP contribution in [0.4, 0.5) is 11.5 Å². The van der Waals surface area contributed by atoms with Gasteiger partial charge in [0.05, 0.1) is 24.4 Å². The summed E-state index contributed by atoms with van der Waals surface area (Å²) in [7, 11) is -2.67. The zero-order valence-corrected chi connectivity index (χ0v) is 16.7. The Morgan fingerprint density at radius 3 is 2.52 bits per heavy atom. The standard InChI is InChI=1S/C17H14ClN6.H3O4P/c1-23-6-7-24(11-23)16-5-3-13(9-19-16)22-17-14-4-2-12(18)8-15(14)20-10-21-17;1-5(2,3)4/h2-11H,1H3,(H,20,21,22);(H3,1,2,3,4)/q+1;. The molecule has 0 saturated carbocycles. The van der Waals surface area contributed by atoms with Crippen LogP contribution in [0.15, 0.2) is 61.6 Å². The molecule has 0 aliphatic rings. The second kappa shape index (κ2) is 8.64. The smallest absolute Gasteiger partial charge is 0.338 e. The summed E-state index contributed by atoms with van der Waals surface area (Å²) in [6.45, 7) is 0. The molecule has 0 radical (unpaired) electrons. The fourth-order valence-corrected chi connectivity index (χ4v) is 2.63. The monoisotopic (exact) mass is 435 g/mol. The van der Waals surface area contributed by atoms with Crippen molar-refractivity contribution in [1.29, 1.82) is 0 Å². The maximum Gasteiger partial charge on any atom is 0.466 e. The van der Waals surface area contributed by atoms with Crippen LogP contribution in [0.2, 0.25) is 5.02 Å². The summed E-state index contributed by atoms with van der Waals surface area (Å²) >= 11 is 6.01. The Bertz CT molecular complexity index is 1170. The van der Waals surface area contributed by atoms with Crippen LogP contribution in [0.3, 0.4) is 0 Å². The molecule has 4 N–H and O–H groups in total. The quantitative estimate of drug-likeness (QED) is 0.283. The largest absolute Gasteiger partial charge is 0.466 e. The third-order valence-corrected chi connectivity index (χ3v) is 3.88. The summed E-state index contributed by atoms with van der Waals surface area (Å²) < 4.78 is 12.8. The van der Waals surface area contributed by atoms with E-state index in [-0.39, 0.29) is 0 Å². The Labute approximate surface area is 170 Å². The van der Waals surface area contributed by atoms with E-state index < -0.39 is 7.82 Å². The first-order chi connectivity index (χ1) is 13.7. The minimum Gasteiger partial charge on any atom is -0.338 e.